The van der Waals surface area contributed by atoms with Crippen molar-refractivity contribution in [1.82, 2.24) is 0 Å². The van der Waals surface area contributed by atoms with Gasteiger partial charge in [0.25, 0.3) is 0 Å². The molecule has 0 radical (unpaired) electrons. The number of carbonyl (C=O) groups is 2. The maximum atomic E-state index is 13.5. The summed E-state index contributed by atoms with van der Waals surface area (Å²) in [5.74, 6) is 0.916. The Hall–Kier alpha value is -4.55. The van der Waals surface area contributed by atoms with Crippen molar-refractivity contribution in [2.24, 2.45) is 11.8 Å². The van der Waals surface area contributed by atoms with Gasteiger partial charge in [-0.1, -0.05) is 124 Å². The average molecular weight is 711 g/mol. The van der Waals surface area contributed by atoms with Gasteiger partial charge in [0.1, 0.15) is 11.5 Å². The van der Waals surface area contributed by atoms with E-state index in [1.807, 2.05) is 24.3 Å². The third-order valence-corrected chi connectivity index (χ3v) is 12.8. The molecule has 4 aromatic carbocycles. The highest BCUT2D eigenvalue weighted by molar-refractivity contribution is 7.99. The Bertz CT molecular complexity index is 1940. The number of carbonyl (C=O) groups excluding carboxylic acids is 2. The Morgan fingerprint density at radius 3 is 1.69 bits per heavy atom. The minimum Gasteiger partial charge on any atom is -0.456 e. The molecule has 2 saturated carbocycles. The molecule has 2 aliphatic carbocycles. The summed E-state index contributed by atoms with van der Waals surface area (Å²) < 4.78 is 20.0. The van der Waals surface area contributed by atoms with Gasteiger partial charge in [-0.15, -0.1) is 0 Å². The molecule has 2 unspecified atom stereocenters. The van der Waals surface area contributed by atoms with Gasteiger partial charge in [0.2, 0.25) is 0 Å². The van der Waals surface area contributed by atoms with Gasteiger partial charge < -0.3 is 14.2 Å². The topological polar surface area (TPSA) is 61.8 Å². The van der Waals surface area contributed by atoms with Crippen LogP contribution >= 0.6 is 11.8 Å². The van der Waals surface area contributed by atoms with Crippen molar-refractivity contribution >= 4 is 23.7 Å². The first kappa shape index (κ1) is 34.5. The largest absolute Gasteiger partial charge is 0.456 e. The van der Waals surface area contributed by atoms with Gasteiger partial charge in [-0.3, -0.25) is 0 Å². The molecule has 4 aromatic rings. The smallest absolute Gasteiger partial charge is 0.334 e. The van der Waals surface area contributed by atoms with E-state index in [4.69, 9.17) is 14.2 Å². The fraction of sp³-hybridized carbons (Fsp3) is 0.348. The van der Waals surface area contributed by atoms with Crippen LogP contribution in [-0.2, 0) is 30.3 Å². The number of esters is 2. The second kappa shape index (κ2) is 13.8. The summed E-state index contributed by atoms with van der Waals surface area (Å²) in [5.41, 5.74) is 4.78. The predicted octanol–water partition coefficient (Wildman–Crippen LogP) is 11.8. The van der Waals surface area contributed by atoms with Crippen molar-refractivity contribution in [2.45, 2.75) is 99.0 Å². The molecule has 0 saturated heterocycles. The van der Waals surface area contributed by atoms with Crippen LogP contribution in [0.25, 0.3) is 11.1 Å². The first-order chi connectivity index (χ1) is 25.2. The Morgan fingerprint density at radius 2 is 1.08 bits per heavy atom. The summed E-state index contributed by atoms with van der Waals surface area (Å²) in [5, 5.41) is 0. The van der Waals surface area contributed by atoms with E-state index in [0.29, 0.717) is 22.6 Å². The van der Waals surface area contributed by atoms with Crippen LogP contribution in [0.3, 0.4) is 0 Å². The lowest BCUT2D eigenvalue weighted by Gasteiger charge is -2.46. The molecule has 5 nitrogen and oxygen atoms in total. The number of benzene rings is 4. The normalized spacial score (nSPS) is 22.4. The van der Waals surface area contributed by atoms with Crippen LogP contribution in [0.15, 0.2) is 119 Å². The van der Waals surface area contributed by atoms with Gasteiger partial charge in [0.15, 0.2) is 11.2 Å². The van der Waals surface area contributed by atoms with Crippen molar-refractivity contribution in [3.8, 4) is 22.6 Å². The van der Waals surface area contributed by atoms with Crippen molar-refractivity contribution < 1.29 is 23.8 Å². The van der Waals surface area contributed by atoms with Gasteiger partial charge in [0, 0.05) is 55.0 Å². The summed E-state index contributed by atoms with van der Waals surface area (Å²) in [6, 6.07) is 29.2. The Labute approximate surface area is 311 Å². The number of para-hydroxylation sites is 1. The van der Waals surface area contributed by atoms with E-state index < -0.39 is 17.2 Å². The van der Waals surface area contributed by atoms with E-state index in [2.05, 4.69) is 73.8 Å². The highest BCUT2D eigenvalue weighted by Crippen LogP contribution is 2.59. The lowest BCUT2D eigenvalue weighted by Crippen LogP contribution is -2.44. The first-order valence-electron chi connectivity index (χ1n) is 18.8. The second-order valence-corrected chi connectivity index (χ2v) is 16.2. The zero-order valence-electron chi connectivity index (χ0n) is 30.2. The predicted molar refractivity (Wildman–Crippen MR) is 205 cm³/mol. The fourth-order valence-corrected chi connectivity index (χ4v) is 10.4. The minimum atomic E-state index is -0.985. The molecular weight excluding hydrogens is 665 g/mol. The molecule has 8 rings (SSSR count). The Balaban J connectivity index is 1.26. The lowest BCUT2D eigenvalue weighted by atomic mass is 9.68. The van der Waals surface area contributed by atoms with Gasteiger partial charge in [-0.2, -0.15) is 0 Å². The van der Waals surface area contributed by atoms with Crippen molar-refractivity contribution in [3.05, 3.63) is 131 Å². The number of hydrogen-bond acceptors (Lipinski definition) is 6. The van der Waals surface area contributed by atoms with E-state index in [-0.39, 0.29) is 17.8 Å². The molecular formula is C46H46O5S. The van der Waals surface area contributed by atoms with E-state index in [0.717, 1.165) is 94.5 Å². The van der Waals surface area contributed by atoms with Gasteiger partial charge in [0.05, 0.1) is 0 Å². The van der Waals surface area contributed by atoms with E-state index in [9.17, 15) is 9.59 Å². The van der Waals surface area contributed by atoms with Crippen molar-refractivity contribution in [3.63, 3.8) is 0 Å². The minimum absolute atomic E-state index is 0.106. The number of hydrogen-bond donors (Lipinski definition) is 0. The SMILES string of the molecule is C=C(C)C(=O)OC1(C2CCCCC2)c2ccccc2Oc2cc(-c3ccc4c(c3)Sc3ccccc3C4(OC(=O)C(=C)C)C3CCCCC3)ccc21. The zero-order valence-corrected chi connectivity index (χ0v) is 31.0. The van der Waals surface area contributed by atoms with Gasteiger partial charge in [-0.05, 0) is 74.9 Å². The molecule has 2 fully saturated rings. The first-order valence-corrected chi connectivity index (χ1v) is 19.7. The van der Waals surface area contributed by atoms with Gasteiger partial charge >= 0.3 is 11.9 Å². The quantitative estimate of drug-likeness (QED) is 0.141. The highest BCUT2D eigenvalue weighted by atomic mass is 32.2. The summed E-state index contributed by atoms with van der Waals surface area (Å²) in [7, 11) is 0. The van der Waals surface area contributed by atoms with Crippen LogP contribution in [-0.4, -0.2) is 11.9 Å². The molecule has 266 valence electrons. The number of fused-ring (bicyclic) bond motifs is 4. The van der Waals surface area contributed by atoms with Crippen LogP contribution in [0, 0.1) is 11.8 Å². The second-order valence-electron chi connectivity index (χ2n) is 15.1. The van der Waals surface area contributed by atoms with Crippen LogP contribution in [0.4, 0.5) is 0 Å². The van der Waals surface area contributed by atoms with Crippen LogP contribution in [0.5, 0.6) is 11.5 Å². The average Bonchev–Trinajstić information content (AvgIpc) is 3.17. The lowest BCUT2D eigenvalue weighted by molar-refractivity contribution is -0.160. The standard InChI is InChI=1S/C46H46O5S/c1-29(2)43(47)50-45(33-15-7-5-8-16-33)35-19-11-13-21-39(35)49-40-27-31(23-25-36(40)45)32-24-26-38-42(28-32)52-41-22-14-12-20-37(41)46(38,51-44(48)30(3)4)34-17-9-6-10-18-34/h11-14,19-28,33-34H,1,3,5-10,15-18H2,2,4H3. The fourth-order valence-electron chi connectivity index (χ4n) is 9.19. The maximum Gasteiger partial charge on any atom is 0.334 e. The van der Waals surface area contributed by atoms with E-state index in [1.54, 1.807) is 25.6 Å². The summed E-state index contributed by atoms with van der Waals surface area (Å²) in [6.45, 7) is 11.3. The Kier molecular flexibility index (Phi) is 9.15. The van der Waals surface area contributed by atoms with E-state index in [1.165, 1.54) is 12.8 Å². The summed E-state index contributed by atoms with van der Waals surface area (Å²) in [6.07, 6.45) is 10.7. The summed E-state index contributed by atoms with van der Waals surface area (Å²) in [4.78, 5) is 29.1. The molecule has 0 amide bonds. The van der Waals surface area contributed by atoms with Crippen LogP contribution in [0.1, 0.15) is 100 Å². The number of ether oxygens (including phenoxy) is 3. The molecule has 6 heteroatoms. The molecule has 0 spiro atoms. The van der Waals surface area contributed by atoms with Crippen molar-refractivity contribution in [2.75, 3.05) is 0 Å². The third-order valence-electron chi connectivity index (χ3n) is 11.7. The van der Waals surface area contributed by atoms with Crippen LogP contribution < -0.4 is 4.74 Å². The Morgan fingerprint density at radius 1 is 0.596 bits per heavy atom. The highest BCUT2D eigenvalue weighted by Gasteiger charge is 2.53. The summed E-state index contributed by atoms with van der Waals surface area (Å²) >= 11 is 1.73. The molecule has 2 atom stereocenters. The van der Waals surface area contributed by atoms with Crippen LogP contribution in [0.2, 0.25) is 0 Å². The molecule has 52 heavy (non-hydrogen) atoms. The molecule has 2 heterocycles. The molecule has 4 aliphatic rings. The zero-order chi connectivity index (χ0) is 36.0. The number of rotatable bonds is 7. The third kappa shape index (κ3) is 5.71. The monoisotopic (exact) mass is 710 g/mol. The maximum absolute atomic E-state index is 13.5. The van der Waals surface area contributed by atoms with Crippen molar-refractivity contribution in [1.29, 1.82) is 0 Å². The molecule has 0 aromatic heterocycles. The molecule has 2 aliphatic heterocycles. The molecule has 0 N–H and O–H groups in total. The van der Waals surface area contributed by atoms with E-state index >= 15 is 0 Å². The molecule has 0 bridgehead atoms. The van der Waals surface area contributed by atoms with Gasteiger partial charge in [-0.25, -0.2) is 9.59 Å².